The molecule has 2 aromatic carbocycles. The average Bonchev–Trinajstić information content (AvgIpc) is 3.41. The summed E-state index contributed by atoms with van der Waals surface area (Å²) in [5.41, 5.74) is 0.539. The number of fused-ring (bicyclic) bond motifs is 5. The van der Waals surface area contributed by atoms with Gasteiger partial charge in [0.25, 0.3) is 11.5 Å². The first-order chi connectivity index (χ1) is 19.4. The Kier molecular flexibility index (Phi) is 5.74. The highest BCUT2D eigenvalue weighted by Gasteiger charge is 2.56. The number of ether oxygens (including phenoxy) is 2. The first-order valence-corrected chi connectivity index (χ1v) is 13.5. The maximum atomic E-state index is 14.4. The number of rotatable bonds is 5. The Labute approximate surface area is 230 Å². The molecule has 4 amide bonds. The number of pyridine rings is 1. The van der Waals surface area contributed by atoms with Gasteiger partial charge in [-0.15, -0.1) is 0 Å². The van der Waals surface area contributed by atoms with Crippen molar-refractivity contribution in [3.63, 3.8) is 0 Å². The third-order valence-electron chi connectivity index (χ3n) is 8.48. The molecule has 2 fully saturated rings. The molecule has 2 unspecified atom stereocenters. The van der Waals surface area contributed by atoms with E-state index in [0.717, 1.165) is 22.6 Å². The topological polar surface area (TPSA) is 110 Å². The molecule has 0 saturated carbocycles. The molecule has 3 atom stereocenters. The number of likely N-dealkylation sites (tertiary alicyclic amines) is 1. The van der Waals surface area contributed by atoms with Crippen LogP contribution in [-0.4, -0.2) is 53.7 Å². The van der Waals surface area contributed by atoms with Crippen LogP contribution in [0.5, 0.6) is 11.5 Å². The largest absolute Gasteiger partial charge is 0.454 e. The van der Waals surface area contributed by atoms with Crippen molar-refractivity contribution in [2.75, 3.05) is 31.3 Å². The number of piperidine rings is 1. The van der Waals surface area contributed by atoms with Gasteiger partial charge in [-0.2, -0.15) is 0 Å². The molecule has 2 saturated heterocycles. The number of benzene rings is 2. The molecule has 2 bridgehead atoms. The number of carbonyl (C=O) groups excluding carboxylic acids is 3. The predicted octanol–water partition coefficient (Wildman–Crippen LogP) is 2.51. The molecular weight excluding hydrogens is 512 g/mol. The van der Waals surface area contributed by atoms with Crippen LogP contribution in [0.25, 0.3) is 0 Å². The summed E-state index contributed by atoms with van der Waals surface area (Å²) < 4.78 is 12.9. The first-order valence-electron chi connectivity index (χ1n) is 13.5. The lowest BCUT2D eigenvalue weighted by molar-refractivity contribution is -0.144. The van der Waals surface area contributed by atoms with Gasteiger partial charge >= 0.3 is 6.03 Å². The lowest BCUT2D eigenvalue weighted by Gasteiger charge is -2.47. The van der Waals surface area contributed by atoms with Crippen LogP contribution in [0.15, 0.2) is 71.5 Å². The molecular formula is C30H28N4O6. The van der Waals surface area contributed by atoms with Crippen molar-refractivity contribution < 1.29 is 23.9 Å². The number of hydrogen-bond donors (Lipinski definition) is 1. The normalized spacial score (nSPS) is 25.5. The van der Waals surface area contributed by atoms with Gasteiger partial charge in [0.2, 0.25) is 12.7 Å². The number of aromatic nitrogens is 1. The summed E-state index contributed by atoms with van der Waals surface area (Å²) in [4.78, 5) is 57.0. The Balaban J connectivity index is 1.27. The predicted molar refractivity (Wildman–Crippen MR) is 144 cm³/mol. The van der Waals surface area contributed by atoms with E-state index >= 15 is 0 Å². The van der Waals surface area contributed by atoms with Gasteiger partial charge in [-0.3, -0.25) is 19.7 Å². The van der Waals surface area contributed by atoms with E-state index in [0.29, 0.717) is 36.8 Å². The standard InChI is InChI=1S/C30H28N4O6/c35-26-8-4-7-23-21-11-20(15-33(23)26)14-32(16-21)17-30(13-19-9-10-24-25(12-19)40-18-39-24)27(36)31-29(38)34(28(30)37)22-5-2-1-3-6-22/h1-10,12,20-21H,11,13-18H2,(H,31,36,38)/t20?,21-,30?/m0/s1. The van der Waals surface area contributed by atoms with Gasteiger partial charge < -0.3 is 18.9 Å². The summed E-state index contributed by atoms with van der Waals surface area (Å²) in [6, 6.07) is 18.7. The molecule has 0 aliphatic carbocycles. The summed E-state index contributed by atoms with van der Waals surface area (Å²) >= 11 is 0. The summed E-state index contributed by atoms with van der Waals surface area (Å²) in [6.45, 7) is 2.09. The number of para-hydroxylation sites is 1. The molecule has 10 heteroatoms. The molecule has 3 aromatic rings. The molecule has 0 spiro atoms. The second kappa shape index (κ2) is 9.34. The van der Waals surface area contributed by atoms with E-state index in [1.54, 1.807) is 54.6 Å². The Morgan fingerprint density at radius 2 is 1.70 bits per heavy atom. The van der Waals surface area contributed by atoms with Gasteiger partial charge in [0.15, 0.2) is 11.5 Å². The third-order valence-corrected chi connectivity index (χ3v) is 8.48. The minimum Gasteiger partial charge on any atom is -0.454 e. The van der Waals surface area contributed by atoms with Crippen molar-refractivity contribution >= 4 is 23.5 Å². The van der Waals surface area contributed by atoms with Crippen molar-refractivity contribution in [1.82, 2.24) is 14.8 Å². The zero-order chi connectivity index (χ0) is 27.4. The van der Waals surface area contributed by atoms with Crippen LogP contribution in [0.2, 0.25) is 0 Å². The van der Waals surface area contributed by atoms with Crippen LogP contribution in [-0.2, 0) is 22.6 Å². The molecule has 10 nitrogen and oxygen atoms in total. The van der Waals surface area contributed by atoms with Crippen LogP contribution in [0, 0.1) is 11.3 Å². The van der Waals surface area contributed by atoms with Crippen LogP contribution in [0.1, 0.15) is 23.6 Å². The number of urea groups is 1. The molecule has 5 heterocycles. The average molecular weight is 541 g/mol. The van der Waals surface area contributed by atoms with E-state index in [1.807, 2.05) is 16.7 Å². The van der Waals surface area contributed by atoms with Crippen molar-refractivity contribution in [3.8, 4) is 11.5 Å². The molecule has 4 aliphatic heterocycles. The highest BCUT2D eigenvalue weighted by atomic mass is 16.7. The van der Waals surface area contributed by atoms with Crippen LogP contribution >= 0.6 is 0 Å². The maximum Gasteiger partial charge on any atom is 0.335 e. The number of nitrogens with zero attached hydrogens (tertiary/aromatic N) is 3. The lowest BCUT2D eigenvalue weighted by Crippen LogP contribution is -2.68. The van der Waals surface area contributed by atoms with Crippen LogP contribution in [0.3, 0.4) is 0 Å². The zero-order valence-electron chi connectivity index (χ0n) is 21.7. The summed E-state index contributed by atoms with van der Waals surface area (Å²) in [5.74, 6) is 0.315. The van der Waals surface area contributed by atoms with E-state index < -0.39 is 23.3 Å². The van der Waals surface area contributed by atoms with Gasteiger partial charge in [0.1, 0.15) is 5.41 Å². The Morgan fingerprint density at radius 3 is 2.55 bits per heavy atom. The molecule has 4 aliphatic rings. The van der Waals surface area contributed by atoms with E-state index in [2.05, 4.69) is 10.2 Å². The lowest BCUT2D eigenvalue weighted by atomic mass is 9.75. The highest BCUT2D eigenvalue weighted by molar-refractivity contribution is 6.30. The number of amides is 4. The van der Waals surface area contributed by atoms with Crippen molar-refractivity contribution in [2.45, 2.75) is 25.3 Å². The van der Waals surface area contributed by atoms with Crippen molar-refractivity contribution in [1.29, 1.82) is 0 Å². The molecule has 1 N–H and O–H groups in total. The van der Waals surface area contributed by atoms with Crippen molar-refractivity contribution in [2.24, 2.45) is 11.3 Å². The molecule has 40 heavy (non-hydrogen) atoms. The van der Waals surface area contributed by atoms with E-state index in [9.17, 15) is 19.2 Å². The number of barbiturate groups is 1. The van der Waals surface area contributed by atoms with Crippen molar-refractivity contribution in [3.05, 3.63) is 88.3 Å². The number of anilines is 1. The monoisotopic (exact) mass is 540 g/mol. The number of carbonyl (C=O) groups is 3. The minimum absolute atomic E-state index is 0.00113. The fourth-order valence-corrected chi connectivity index (χ4v) is 6.74. The van der Waals surface area contributed by atoms with Gasteiger partial charge in [-0.05, 0) is 54.7 Å². The van der Waals surface area contributed by atoms with Crippen LogP contribution in [0.4, 0.5) is 10.5 Å². The third kappa shape index (κ3) is 3.98. The van der Waals surface area contributed by atoms with E-state index in [1.165, 1.54) is 0 Å². The fourth-order valence-electron chi connectivity index (χ4n) is 6.74. The summed E-state index contributed by atoms with van der Waals surface area (Å²) in [7, 11) is 0. The smallest absolute Gasteiger partial charge is 0.335 e. The van der Waals surface area contributed by atoms with Gasteiger partial charge in [0, 0.05) is 43.9 Å². The molecule has 204 valence electrons. The van der Waals surface area contributed by atoms with E-state index in [-0.39, 0.29) is 37.2 Å². The molecule has 1 aromatic heterocycles. The number of hydrogen-bond acceptors (Lipinski definition) is 7. The highest BCUT2D eigenvalue weighted by Crippen LogP contribution is 2.40. The first kappa shape index (κ1) is 24.6. The second-order valence-electron chi connectivity index (χ2n) is 11.1. The zero-order valence-corrected chi connectivity index (χ0v) is 21.7. The minimum atomic E-state index is -1.57. The van der Waals surface area contributed by atoms with Gasteiger partial charge in [-0.1, -0.05) is 30.3 Å². The maximum absolute atomic E-state index is 14.4. The number of nitrogens with one attached hydrogen (secondary N) is 1. The Bertz CT molecular complexity index is 1590. The quantitative estimate of drug-likeness (QED) is 0.495. The van der Waals surface area contributed by atoms with Gasteiger partial charge in [-0.25, -0.2) is 9.69 Å². The molecule has 7 rings (SSSR count). The SMILES string of the molecule is O=C1NC(=O)C(Cc2ccc3c(c2)OCO3)(CN2CC3C[C@@H](C2)c2cccc(=O)n2C3)C(=O)N1c1ccccc1. The number of imide groups is 2. The van der Waals surface area contributed by atoms with E-state index in [4.69, 9.17) is 9.47 Å². The Morgan fingerprint density at radius 1 is 0.875 bits per heavy atom. The van der Waals surface area contributed by atoms with Crippen LogP contribution < -0.4 is 25.2 Å². The second-order valence-corrected chi connectivity index (χ2v) is 11.1. The molecule has 0 radical (unpaired) electrons. The summed E-state index contributed by atoms with van der Waals surface area (Å²) in [5, 5.41) is 2.48. The van der Waals surface area contributed by atoms with Gasteiger partial charge in [0.05, 0.1) is 5.69 Å². The Hall–Kier alpha value is -4.44. The summed E-state index contributed by atoms with van der Waals surface area (Å²) in [6.07, 6.45) is 1.02. The fraction of sp³-hybridized carbons (Fsp3) is 0.333.